The highest BCUT2D eigenvalue weighted by molar-refractivity contribution is 7.86. The third kappa shape index (κ3) is 8.33. The lowest BCUT2D eigenvalue weighted by Gasteiger charge is -2.22. The van der Waals surface area contributed by atoms with Gasteiger partial charge in [0.25, 0.3) is 0 Å². The molecule has 4 aromatic rings. The predicted molar refractivity (Wildman–Crippen MR) is 170 cm³/mol. The van der Waals surface area contributed by atoms with Crippen molar-refractivity contribution in [3.63, 3.8) is 0 Å². The molecular weight excluding hydrogens is 567 g/mol. The average molecular weight is 609 g/mol. The fraction of sp³-hybridized carbons (Fsp3) is 0.400. The lowest BCUT2D eigenvalue weighted by atomic mass is 9.95. The summed E-state index contributed by atoms with van der Waals surface area (Å²) in [5, 5.41) is 10.4. The second-order valence-electron chi connectivity index (χ2n) is 11.7. The minimum absolute atomic E-state index is 0.0414. The summed E-state index contributed by atoms with van der Waals surface area (Å²) in [6, 6.07) is 19.3. The van der Waals surface area contributed by atoms with Crippen LogP contribution in [0.1, 0.15) is 61.6 Å². The van der Waals surface area contributed by atoms with Gasteiger partial charge in [-0.2, -0.15) is 0 Å². The van der Waals surface area contributed by atoms with E-state index in [9.17, 15) is 18.5 Å². The molecule has 0 aliphatic heterocycles. The summed E-state index contributed by atoms with van der Waals surface area (Å²) >= 11 is 0. The number of hydrogen-bond acceptors (Lipinski definition) is 6. The predicted octanol–water partition coefficient (Wildman–Crippen LogP) is 7.23. The number of esters is 1. The zero-order valence-corrected chi connectivity index (χ0v) is 26.4. The van der Waals surface area contributed by atoms with Gasteiger partial charge < -0.3 is 19.0 Å². The molecule has 0 aliphatic carbocycles. The largest absolute Gasteiger partial charge is 0.489 e. The molecule has 1 aromatic heterocycles. The van der Waals surface area contributed by atoms with Crippen LogP contribution in [-0.2, 0) is 39.8 Å². The molecule has 0 spiro atoms. The molecule has 6 nitrogen and oxygen atoms in total. The summed E-state index contributed by atoms with van der Waals surface area (Å²) in [7, 11) is -1.20. The summed E-state index contributed by atoms with van der Waals surface area (Å²) in [6.45, 7) is 9.34. The first-order chi connectivity index (χ1) is 20.5. The average Bonchev–Trinajstić information content (AvgIpc) is 3.37. The monoisotopic (exact) mass is 608 g/mol. The van der Waals surface area contributed by atoms with Gasteiger partial charge in [-0.1, -0.05) is 36.4 Å². The highest BCUT2D eigenvalue weighted by Gasteiger charge is 2.25. The number of benzene rings is 3. The molecule has 0 radical (unpaired) electrons. The Balaban J connectivity index is 1.70. The standard InChI is InChI=1S/C35H41FO6S/c1-6-40-33(38)19-27-11-10-23(2)14-32(27)41-21-24-15-28-18-30(12-13-37)42-34(28)31(16-24)26-9-7-8-25(17-26)29(20-36)22-43(39)35(3,4)5/h7-11,14-18,29,37H,6,12-13,19-22H2,1-5H3/t29?,43-/m0/s1. The molecule has 1 unspecified atom stereocenters. The maximum Gasteiger partial charge on any atom is 0.310 e. The van der Waals surface area contributed by atoms with Gasteiger partial charge in [0, 0.05) is 50.2 Å². The number of carbonyl (C=O) groups is 1. The Morgan fingerprint density at radius 2 is 1.88 bits per heavy atom. The summed E-state index contributed by atoms with van der Waals surface area (Å²) in [5.41, 5.74) is 5.73. The number of hydrogen-bond donors (Lipinski definition) is 1. The van der Waals surface area contributed by atoms with Crippen molar-refractivity contribution in [2.45, 2.75) is 64.7 Å². The number of furan rings is 1. The molecule has 0 aliphatic rings. The van der Waals surface area contributed by atoms with Crippen molar-refractivity contribution in [3.8, 4) is 16.9 Å². The van der Waals surface area contributed by atoms with E-state index in [1.165, 1.54) is 0 Å². The van der Waals surface area contributed by atoms with Crippen LogP contribution < -0.4 is 4.74 Å². The second kappa shape index (κ2) is 14.3. The Hall–Kier alpha value is -3.49. The van der Waals surface area contributed by atoms with Crippen molar-refractivity contribution in [2.24, 2.45) is 0 Å². The van der Waals surface area contributed by atoms with Crippen LogP contribution in [0.25, 0.3) is 22.1 Å². The quantitative estimate of drug-likeness (QED) is 0.161. The van der Waals surface area contributed by atoms with E-state index in [1.54, 1.807) is 6.92 Å². The Labute approximate surface area is 255 Å². The fourth-order valence-corrected chi connectivity index (χ4v) is 6.04. The number of halogens is 1. The molecule has 1 heterocycles. The number of fused-ring (bicyclic) bond motifs is 1. The van der Waals surface area contributed by atoms with Gasteiger partial charge in [0.05, 0.1) is 26.3 Å². The molecule has 0 saturated heterocycles. The first-order valence-electron chi connectivity index (χ1n) is 14.6. The van der Waals surface area contributed by atoms with Gasteiger partial charge in [-0.3, -0.25) is 13.4 Å². The van der Waals surface area contributed by atoms with Crippen LogP contribution in [0.5, 0.6) is 5.75 Å². The lowest BCUT2D eigenvalue weighted by Crippen LogP contribution is -2.27. The Morgan fingerprint density at radius 1 is 1.09 bits per heavy atom. The molecule has 0 saturated carbocycles. The number of ether oxygens (including phenoxy) is 2. The number of aliphatic hydroxyl groups is 1. The van der Waals surface area contributed by atoms with Crippen LogP contribution in [0.4, 0.5) is 4.39 Å². The summed E-state index contributed by atoms with van der Waals surface area (Å²) in [6.07, 6.45) is 0.492. The van der Waals surface area contributed by atoms with Gasteiger partial charge in [-0.05, 0) is 81.1 Å². The third-order valence-electron chi connectivity index (χ3n) is 7.23. The van der Waals surface area contributed by atoms with E-state index in [1.807, 2.05) is 88.4 Å². The Morgan fingerprint density at radius 3 is 2.58 bits per heavy atom. The first kappa shape index (κ1) is 32.4. The van der Waals surface area contributed by atoms with Gasteiger partial charge in [-0.15, -0.1) is 0 Å². The summed E-state index contributed by atoms with van der Waals surface area (Å²) < 4.78 is 44.2. The van der Waals surface area contributed by atoms with E-state index in [-0.39, 0.29) is 31.4 Å². The zero-order valence-electron chi connectivity index (χ0n) is 25.6. The van der Waals surface area contributed by atoms with Crippen LogP contribution >= 0.6 is 0 Å². The molecule has 230 valence electrons. The van der Waals surface area contributed by atoms with E-state index in [2.05, 4.69) is 0 Å². The normalized spacial score (nSPS) is 13.2. The second-order valence-corrected chi connectivity index (χ2v) is 14.0. The number of carbonyl (C=O) groups excluding carboxylic acids is 1. The molecule has 1 N–H and O–H groups in total. The van der Waals surface area contributed by atoms with Crippen molar-refractivity contribution in [1.82, 2.24) is 0 Å². The van der Waals surface area contributed by atoms with Crippen molar-refractivity contribution in [1.29, 1.82) is 0 Å². The minimum Gasteiger partial charge on any atom is -0.489 e. The SMILES string of the molecule is CCOC(=O)Cc1ccc(C)cc1OCc1cc(-c2cccc(C(CF)C[S@](=O)C(C)(C)C)c2)c2oc(CCO)cc2c1. The van der Waals surface area contributed by atoms with Crippen molar-refractivity contribution < 1.29 is 32.4 Å². The highest BCUT2D eigenvalue weighted by atomic mass is 32.2. The minimum atomic E-state index is -1.20. The number of rotatable bonds is 13. The summed E-state index contributed by atoms with van der Waals surface area (Å²) in [4.78, 5) is 12.2. The van der Waals surface area contributed by atoms with Gasteiger partial charge in [0.2, 0.25) is 0 Å². The van der Waals surface area contributed by atoms with E-state index in [0.717, 1.165) is 38.8 Å². The topological polar surface area (TPSA) is 86.0 Å². The van der Waals surface area contributed by atoms with Crippen molar-refractivity contribution >= 4 is 27.7 Å². The number of aliphatic hydroxyl groups excluding tert-OH is 1. The number of alkyl halides is 1. The fourth-order valence-electron chi connectivity index (χ4n) is 4.89. The van der Waals surface area contributed by atoms with Gasteiger partial charge in [0.15, 0.2) is 0 Å². The highest BCUT2D eigenvalue weighted by Crippen LogP contribution is 2.35. The number of aryl methyl sites for hydroxylation is 1. The third-order valence-corrected chi connectivity index (χ3v) is 9.30. The molecule has 43 heavy (non-hydrogen) atoms. The van der Waals surface area contributed by atoms with Gasteiger partial charge in [0.1, 0.15) is 23.7 Å². The van der Waals surface area contributed by atoms with Crippen LogP contribution in [0, 0.1) is 6.92 Å². The Kier molecular flexibility index (Phi) is 10.8. The van der Waals surface area contributed by atoms with Crippen molar-refractivity contribution in [2.75, 3.05) is 25.6 Å². The van der Waals surface area contributed by atoms with Crippen LogP contribution in [0.2, 0.25) is 0 Å². The van der Waals surface area contributed by atoms with Crippen LogP contribution in [0.15, 0.2) is 65.1 Å². The Bertz CT molecular complexity index is 1590. The molecular formula is C35H41FO6S. The zero-order chi connectivity index (χ0) is 31.1. The van der Waals surface area contributed by atoms with E-state index < -0.39 is 28.1 Å². The van der Waals surface area contributed by atoms with E-state index in [4.69, 9.17) is 13.9 Å². The molecule has 2 atom stereocenters. The molecule has 0 amide bonds. The van der Waals surface area contributed by atoms with E-state index >= 15 is 0 Å². The molecule has 0 fully saturated rings. The molecule has 3 aromatic carbocycles. The van der Waals surface area contributed by atoms with Gasteiger partial charge in [-0.25, -0.2) is 0 Å². The smallest absolute Gasteiger partial charge is 0.310 e. The maximum absolute atomic E-state index is 14.3. The maximum atomic E-state index is 14.3. The van der Waals surface area contributed by atoms with E-state index in [0.29, 0.717) is 30.1 Å². The van der Waals surface area contributed by atoms with Gasteiger partial charge >= 0.3 is 5.97 Å². The van der Waals surface area contributed by atoms with Crippen LogP contribution in [0.3, 0.4) is 0 Å². The lowest BCUT2D eigenvalue weighted by molar-refractivity contribution is -0.142. The summed E-state index contributed by atoms with van der Waals surface area (Å²) in [5.74, 6) is 0.696. The van der Waals surface area contributed by atoms with Crippen LogP contribution in [-0.4, -0.2) is 45.7 Å². The molecule has 4 rings (SSSR count). The van der Waals surface area contributed by atoms with Crippen molar-refractivity contribution in [3.05, 3.63) is 88.7 Å². The molecule has 8 heteroatoms. The molecule has 0 bridgehead atoms. The first-order valence-corrected chi connectivity index (χ1v) is 15.9.